The van der Waals surface area contributed by atoms with Crippen molar-refractivity contribution in [1.29, 1.82) is 0 Å². The largest absolute Gasteiger partial charge is 0.379 e. The van der Waals surface area contributed by atoms with Crippen LogP contribution in [0, 0.1) is 11.6 Å². The Labute approximate surface area is 122 Å². The van der Waals surface area contributed by atoms with Crippen molar-refractivity contribution < 1.29 is 13.6 Å². The number of halogens is 2. The van der Waals surface area contributed by atoms with E-state index >= 15 is 0 Å². The van der Waals surface area contributed by atoms with Crippen molar-refractivity contribution in [3.05, 3.63) is 65.2 Å². The van der Waals surface area contributed by atoms with E-state index < -0.39 is 11.6 Å². The number of amides is 1. The molecule has 0 aliphatic carbocycles. The van der Waals surface area contributed by atoms with Gasteiger partial charge in [-0.05, 0) is 48.9 Å². The third-order valence-electron chi connectivity index (χ3n) is 3.20. The van der Waals surface area contributed by atoms with Crippen molar-refractivity contribution in [1.82, 2.24) is 5.32 Å². The van der Waals surface area contributed by atoms with Crippen LogP contribution in [-0.4, -0.2) is 13.0 Å². The Bertz CT molecular complexity index is 641. The summed E-state index contributed by atoms with van der Waals surface area (Å²) in [4.78, 5) is 11.4. The molecule has 0 aromatic heterocycles. The van der Waals surface area contributed by atoms with Crippen LogP contribution in [0.3, 0.4) is 0 Å². The normalized spacial score (nSPS) is 11.8. The van der Waals surface area contributed by atoms with Crippen LogP contribution in [-0.2, 0) is 0 Å². The summed E-state index contributed by atoms with van der Waals surface area (Å²) in [7, 11) is 1.57. The molecule has 21 heavy (non-hydrogen) atoms. The number of nitrogens with one attached hydrogen (secondary N) is 2. The monoisotopic (exact) mass is 290 g/mol. The lowest BCUT2D eigenvalue weighted by Crippen LogP contribution is -2.17. The molecule has 0 saturated heterocycles. The molecule has 0 fully saturated rings. The van der Waals surface area contributed by atoms with E-state index in [1.165, 1.54) is 12.1 Å². The van der Waals surface area contributed by atoms with E-state index in [-0.39, 0.29) is 11.9 Å². The maximum atomic E-state index is 13.2. The van der Waals surface area contributed by atoms with Crippen molar-refractivity contribution >= 4 is 11.6 Å². The Kier molecular flexibility index (Phi) is 4.52. The van der Waals surface area contributed by atoms with Crippen molar-refractivity contribution in [3.8, 4) is 0 Å². The Morgan fingerprint density at radius 1 is 1.05 bits per heavy atom. The van der Waals surface area contributed by atoms with E-state index in [1.54, 1.807) is 31.3 Å². The molecule has 5 heteroatoms. The van der Waals surface area contributed by atoms with E-state index in [4.69, 9.17) is 0 Å². The molecule has 1 unspecified atom stereocenters. The van der Waals surface area contributed by atoms with Gasteiger partial charge >= 0.3 is 0 Å². The van der Waals surface area contributed by atoms with E-state index in [1.807, 2.05) is 6.92 Å². The van der Waals surface area contributed by atoms with Gasteiger partial charge in [0.2, 0.25) is 0 Å². The van der Waals surface area contributed by atoms with Crippen molar-refractivity contribution in [3.63, 3.8) is 0 Å². The van der Waals surface area contributed by atoms with Gasteiger partial charge in [-0.2, -0.15) is 0 Å². The summed E-state index contributed by atoms with van der Waals surface area (Å²) in [5, 5.41) is 5.71. The Morgan fingerprint density at radius 2 is 1.71 bits per heavy atom. The zero-order valence-electron chi connectivity index (χ0n) is 11.8. The lowest BCUT2D eigenvalue weighted by molar-refractivity contribution is 0.0963. The highest BCUT2D eigenvalue weighted by atomic mass is 19.2. The molecule has 0 aliphatic heterocycles. The van der Waals surface area contributed by atoms with Crippen LogP contribution in [0.15, 0.2) is 42.5 Å². The predicted octanol–water partition coefficient (Wildman–Crippen LogP) is 3.50. The summed E-state index contributed by atoms with van der Waals surface area (Å²) >= 11 is 0. The van der Waals surface area contributed by atoms with Gasteiger partial charge in [-0.15, -0.1) is 0 Å². The van der Waals surface area contributed by atoms with Gasteiger partial charge in [0.1, 0.15) is 0 Å². The second-order valence-electron chi connectivity index (χ2n) is 4.70. The van der Waals surface area contributed by atoms with Gasteiger partial charge in [0.05, 0.1) is 0 Å². The molecule has 0 saturated carbocycles. The first-order valence-corrected chi connectivity index (χ1v) is 6.55. The molecule has 1 atom stereocenters. The molecule has 0 radical (unpaired) electrons. The van der Waals surface area contributed by atoms with Gasteiger partial charge in [-0.25, -0.2) is 8.78 Å². The Hall–Kier alpha value is -2.43. The average Bonchev–Trinajstić information content (AvgIpc) is 2.50. The van der Waals surface area contributed by atoms with E-state index in [9.17, 15) is 13.6 Å². The van der Waals surface area contributed by atoms with Gasteiger partial charge in [-0.1, -0.05) is 6.07 Å². The highest BCUT2D eigenvalue weighted by molar-refractivity contribution is 5.94. The first-order valence-electron chi connectivity index (χ1n) is 6.55. The molecular weight excluding hydrogens is 274 g/mol. The fourth-order valence-electron chi connectivity index (χ4n) is 1.98. The molecule has 2 aromatic carbocycles. The summed E-state index contributed by atoms with van der Waals surface area (Å²) in [6.07, 6.45) is 0. The first-order chi connectivity index (χ1) is 10.0. The van der Waals surface area contributed by atoms with Crippen molar-refractivity contribution in [2.75, 3.05) is 12.4 Å². The highest BCUT2D eigenvalue weighted by Gasteiger charge is 2.09. The van der Waals surface area contributed by atoms with Crippen LogP contribution < -0.4 is 10.6 Å². The van der Waals surface area contributed by atoms with Crippen LogP contribution in [0.4, 0.5) is 14.5 Å². The number of hydrogen-bond acceptors (Lipinski definition) is 2. The zero-order valence-corrected chi connectivity index (χ0v) is 11.8. The standard InChI is InChI=1S/C16H16F2N2O/c1-10(12-5-8-14(17)15(18)9-12)20-13-6-3-11(4-7-13)16(21)19-2/h3-10,20H,1-2H3,(H,19,21). The molecule has 2 rings (SSSR count). The minimum atomic E-state index is -0.865. The number of anilines is 1. The second-order valence-corrected chi connectivity index (χ2v) is 4.70. The molecule has 1 amide bonds. The Balaban J connectivity index is 2.10. The van der Waals surface area contributed by atoms with Gasteiger partial charge in [-0.3, -0.25) is 4.79 Å². The molecule has 110 valence electrons. The fraction of sp³-hybridized carbons (Fsp3) is 0.188. The average molecular weight is 290 g/mol. The minimum absolute atomic E-state index is 0.157. The van der Waals surface area contributed by atoms with Crippen molar-refractivity contribution in [2.45, 2.75) is 13.0 Å². The highest BCUT2D eigenvalue weighted by Crippen LogP contribution is 2.21. The minimum Gasteiger partial charge on any atom is -0.379 e. The van der Waals surface area contributed by atoms with Crippen LogP contribution in [0.25, 0.3) is 0 Å². The van der Waals surface area contributed by atoms with E-state index in [2.05, 4.69) is 10.6 Å². The molecular formula is C16H16F2N2O. The smallest absolute Gasteiger partial charge is 0.251 e. The molecule has 0 bridgehead atoms. The maximum absolute atomic E-state index is 13.2. The molecule has 0 aliphatic rings. The predicted molar refractivity (Wildman–Crippen MR) is 78.2 cm³/mol. The molecule has 2 aromatic rings. The molecule has 3 nitrogen and oxygen atoms in total. The zero-order chi connectivity index (χ0) is 15.4. The summed E-state index contributed by atoms with van der Waals surface area (Å²) in [5.41, 5.74) is 1.99. The Morgan fingerprint density at radius 3 is 2.29 bits per heavy atom. The van der Waals surface area contributed by atoms with Gasteiger partial charge in [0, 0.05) is 24.3 Å². The van der Waals surface area contributed by atoms with Gasteiger partial charge < -0.3 is 10.6 Å². The lowest BCUT2D eigenvalue weighted by Gasteiger charge is -2.16. The van der Waals surface area contributed by atoms with Crippen LogP contribution in [0.1, 0.15) is 28.9 Å². The third kappa shape index (κ3) is 3.56. The third-order valence-corrected chi connectivity index (χ3v) is 3.20. The number of rotatable bonds is 4. The second kappa shape index (κ2) is 6.35. The lowest BCUT2D eigenvalue weighted by atomic mass is 10.1. The van der Waals surface area contributed by atoms with Gasteiger partial charge in [0.25, 0.3) is 5.91 Å². The van der Waals surface area contributed by atoms with Crippen molar-refractivity contribution in [2.24, 2.45) is 0 Å². The fourth-order valence-corrected chi connectivity index (χ4v) is 1.98. The van der Waals surface area contributed by atoms with E-state index in [0.717, 1.165) is 11.8 Å². The van der Waals surface area contributed by atoms with Crippen LogP contribution >= 0.6 is 0 Å². The quantitative estimate of drug-likeness (QED) is 0.905. The van der Waals surface area contributed by atoms with E-state index in [0.29, 0.717) is 11.1 Å². The number of benzene rings is 2. The van der Waals surface area contributed by atoms with Gasteiger partial charge in [0.15, 0.2) is 11.6 Å². The first kappa shape index (κ1) is 15.0. The summed E-state index contributed by atoms with van der Waals surface area (Å²) in [6, 6.07) is 10.5. The van der Waals surface area contributed by atoms with Crippen LogP contribution in [0.2, 0.25) is 0 Å². The SMILES string of the molecule is CNC(=O)c1ccc(NC(C)c2ccc(F)c(F)c2)cc1. The maximum Gasteiger partial charge on any atom is 0.251 e. The summed E-state index contributed by atoms with van der Waals surface area (Å²) in [6.45, 7) is 1.85. The number of hydrogen-bond donors (Lipinski definition) is 2. The molecule has 2 N–H and O–H groups in total. The topological polar surface area (TPSA) is 41.1 Å². The summed E-state index contributed by atoms with van der Waals surface area (Å²) in [5.74, 6) is -1.88. The van der Waals surface area contributed by atoms with Crippen LogP contribution in [0.5, 0.6) is 0 Å². The molecule has 0 spiro atoms. The molecule has 0 heterocycles. The summed E-state index contributed by atoms with van der Waals surface area (Å²) < 4.78 is 26.1. The number of carbonyl (C=O) groups is 1. The number of carbonyl (C=O) groups excluding carboxylic acids is 1.